The van der Waals surface area contributed by atoms with Crippen molar-refractivity contribution in [2.75, 3.05) is 33.9 Å². The molecule has 3 aromatic rings. The largest absolute Gasteiger partial charge is 0.488 e. The van der Waals surface area contributed by atoms with Gasteiger partial charge in [0, 0.05) is 25.1 Å². The van der Waals surface area contributed by atoms with Gasteiger partial charge in [-0.25, -0.2) is 4.79 Å². The summed E-state index contributed by atoms with van der Waals surface area (Å²) in [5.41, 5.74) is 2.79. The number of aromatic nitrogens is 1. The van der Waals surface area contributed by atoms with E-state index >= 15 is 0 Å². The van der Waals surface area contributed by atoms with Gasteiger partial charge in [0.05, 0.1) is 5.52 Å². The van der Waals surface area contributed by atoms with E-state index in [0.717, 1.165) is 40.7 Å². The van der Waals surface area contributed by atoms with Crippen molar-refractivity contribution in [3.05, 3.63) is 65.9 Å². The molecule has 2 aromatic carbocycles. The van der Waals surface area contributed by atoms with Crippen LogP contribution in [0.2, 0.25) is 0 Å². The van der Waals surface area contributed by atoms with Gasteiger partial charge in [-0.3, -0.25) is 9.36 Å². The van der Waals surface area contributed by atoms with Gasteiger partial charge in [-0.2, -0.15) is 0 Å². The lowest BCUT2D eigenvalue weighted by Crippen LogP contribution is -2.17. The number of rotatable bonds is 9. The van der Waals surface area contributed by atoms with Crippen LogP contribution in [0.1, 0.15) is 18.1 Å². The van der Waals surface area contributed by atoms with Crippen molar-refractivity contribution in [2.45, 2.75) is 20.0 Å². The smallest absolute Gasteiger partial charge is 0.418 e. The molecule has 0 saturated carbocycles. The number of carbonyl (C=O) groups excluding carboxylic acids is 2. The first kappa shape index (κ1) is 22.4. The van der Waals surface area contributed by atoms with Crippen molar-refractivity contribution in [3.8, 4) is 5.75 Å². The maximum Gasteiger partial charge on any atom is 0.418 e. The van der Waals surface area contributed by atoms with Crippen molar-refractivity contribution >= 4 is 23.0 Å². The second-order valence-electron chi connectivity index (χ2n) is 7.46. The SMILES string of the molecule is CC(=O)OCCOC(=O)n1cc(CCN(C)C)c2c(OCc3ccccc3)cccc21. The third-order valence-corrected chi connectivity index (χ3v) is 4.75. The predicted molar refractivity (Wildman–Crippen MR) is 118 cm³/mol. The highest BCUT2D eigenvalue weighted by molar-refractivity contribution is 5.95. The number of fused-ring (bicyclic) bond motifs is 1. The van der Waals surface area contributed by atoms with Gasteiger partial charge in [0.1, 0.15) is 25.6 Å². The molecule has 0 amide bonds. The minimum atomic E-state index is -0.520. The van der Waals surface area contributed by atoms with Crippen LogP contribution in [-0.4, -0.2) is 55.4 Å². The van der Waals surface area contributed by atoms with Crippen molar-refractivity contribution in [1.82, 2.24) is 9.47 Å². The van der Waals surface area contributed by atoms with Gasteiger partial charge >= 0.3 is 12.1 Å². The second kappa shape index (κ2) is 10.6. The number of benzene rings is 2. The normalized spacial score (nSPS) is 11.0. The Balaban J connectivity index is 1.86. The topological polar surface area (TPSA) is 70.0 Å². The van der Waals surface area contributed by atoms with E-state index in [1.165, 1.54) is 11.5 Å². The number of carbonyl (C=O) groups is 2. The summed E-state index contributed by atoms with van der Waals surface area (Å²) in [6.45, 7) is 2.60. The summed E-state index contributed by atoms with van der Waals surface area (Å²) in [7, 11) is 4.02. The molecule has 0 bridgehead atoms. The zero-order valence-corrected chi connectivity index (χ0v) is 18.2. The van der Waals surface area contributed by atoms with Crippen LogP contribution in [0.5, 0.6) is 5.75 Å². The van der Waals surface area contributed by atoms with Gasteiger partial charge in [0.15, 0.2) is 0 Å². The third-order valence-electron chi connectivity index (χ3n) is 4.75. The average Bonchev–Trinajstić information content (AvgIpc) is 3.14. The fraction of sp³-hybridized carbons (Fsp3) is 0.333. The van der Waals surface area contributed by atoms with E-state index in [2.05, 4.69) is 4.90 Å². The van der Waals surface area contributed by atoms with E-state index in [1.807, 2.05) is 62.6 Å². The Bertz CT molecular complexity index is 1030. The van der Waals surface area contributed by atoms with Gasteiger partial charge in [0.2, 0.25) is 0 Å². The van der Waals surface area contributed by atoms with Crippen LogP contribution in [0, 0.1) is 0 Å². The van der Waals surface area contributed by atoms with Gasteiger partial charge in [-0.05, 0) is 43.8 Å². The molecule has 0 atom stereocenters. The highest BCUT2D eigenvalue weighted by Gasteiger charge is 2.18. The Morgan fingerprint density at radius 1 is 0.968 bits per heavy atom. The van der Waals surface area contributed by atoms with E-state index in [0.29, 0.717) is 6.61 Å². The first-order valence-corrected chi connectivity index (χ1v) is 10.2. The van der Waals surface area contributed by atoms with Crippen molar-refractivity contribution < 1.29 is 23.8 Å². The second-order valence-corrected chi connectivity index (χ2v) is 7.46. The number of ether oxygens (including phenoxy) is 3. The Morgan fingerprint density at radius 2 is 1.71 bits per heavy atom. The van der Waals surface area contributed by atoms with Crippen LogP contribution >= 0.6 is 0 Å². The summed E-state index contributed by atoms with van der Waals surface area (Å²) in [4.78, 5) is 25.7. The summed E-state index contributed by atoms with van der Waals surface area (Å²) in [5, 5.41) is 0.900. The molecule has 31 heavy (non-hydrogen) atoms. The summed E-state index contributed by atoms with van der Waals surface area (Å²) in [5.74, 6) is 0.315. The van der Waals surface area contributed by atoms with Crippen LogP contribution in [0.25, 0.3) is 10.9 Å². The molecule has 164 valence electrons. The molecule has 0 N–H and O–H groups in total. The van der Waals surface area contributed by atoms with E-state index in [1.54, 1.807) is 6.20 Å². The lowest BCUT2D eigenvalue weighted by Gasteiger charge is -2.11. The zero-order chi connectivity index (χ0) is 22.2. The Hall–Kier alpha value is -3.32. The van der Waals surface area contributed by atoms with Crippen LogP contribution < -0.4 is 4.74 Å². The van der Waals surface area contributed by atoms with Crippen LogP contribution in [0.3, 0.4) is 0 Å². The minimum absolute atomic E-state index is 0.00465. The van der Waals surface area contributed by atoms with Crippen LogP contribution in [-0.2, 0) is 27.3 Å². The number of nitrogens with zero attached hydrogens (tertiary/aromatic N) is 2. The van der Waals surface area contributed by atoms with Crippen LogP contribution in [0.4, 0.5) is 4.79 Å². The lowest BCUT2D eigenvalue weighted by molar-refractivity contribution is -0.141. The summed E-state index contributed by atoms with van der Waals surface area (Å²) < 4.78 is 17.7. The highest BCUT2D eigenvalue weighted by atomic mass is 16.6. The van der Waals surface area contributed by atoms with Crippen molar-refractivity contribution in [3.63, 3.8) is 0 Å². The molecule has 1 heterocycles. The van der Waals surface area contributed by atoms with Gasteiger partial charge in [-0.1, -0.05) is 36.4 Å². The minimum Gasteiger partial charge on any atom is -0.488 e. The maximum absolute atomic E-state index is 12.7. The van der Waals surface area contributed by atoms with E-state index < -0.39 is 12.1 Å². The molecule has 0 saturated heterocycles. The fourth-order valence-corrected chi connectivity index (χ4v) is 3.26. The quantitative estimate of drug-likeness (QED) is 0.384. The van der Waals surface area contributed by atoms with E-state index in [9.17, 15) is 9.59 Å². The molecule has 0 aliphatic rings. The maximum atomic E-state index is 12.7. The summed E-state index contributed by atoms with van der Waals surface area (Å²) in [6.07, 6.45) is 2.04. The lowest BCUT2D eigenvalue weighted by atomic mass is 10.1. The van der Waals surface area contributed by atoms with E-state index in [-0.39, 0.29) is 13.2 Å². The number of hydrogen-bond donors (Lipinski definition) is 0. The molecule has 0 spiro atoms. The molecule has 0 unspecified atom stereocenters. The molecule has 0 aliphatic heterocycles. The molecule has 0 radical (unpaired) electrons. The molecule has 3 rings (SSSR count). The standard InChI is InChI=1S/C24H28N2O5/c1-18(27)29-14-15-30-24(28)26-16-20(12-13-25(2)3)23-21(26)10-7-11-22(23)31-17-19-8-5-4-6-9-19/h4-11,16H,12-15,17H2,1-3H3. The highest BCUT2D eigenvalue weighted by Crippen LogP contribution is 2.32. The van der Waals surface area contributed by atoms with Crippen LogP contribution in [0.15, 0.2) is 54.7 Å². The third kappa shape index (κ3) is 6.08. The Labute approximate surface area is 182 Å². The summed E-state index contributed by atoms with van der Waals surface area (Å²) in [6, 6.07) is 15.6. The average molecular weight is 424 g/mol. The Kier molecular flexibility index (Phi) is 7.67. The molecular weight excluding hydrogens is 396 g/mol. The molecule has 0 aliphatic carbocycles. The van der Waals surface area contributed by atoms with Gasteiger partial charge in [0.25, 0.3) is 0 Å². The Morgan fingerprint density at radius 3 is 2.42 bits per heavy atom. The van der Waals surface area contributed by atoms with Crippen molar-refractivity contribution in [1.29, 1.82) is 0 Å². The molecule has 7 nitrogen and oxygen atoms in total. The predicted octanol–water partition coefficient (Wildman–Crippen LogP) is 3.87. The number of esters is 1. The number of hydrogen-bond acceptors (Lipinski definition) is 6. The van der Waals surface area contributed by atoms with E-state index in [4.69, 9.17) is 14.2 Å². The fourth-order valence-electron chi connectivity index (χ4n) is 3.26. The molecule has 0 fully saturated rings. The summed E-state index contributed by atoms with van der Waals surface area (Å²) >= 11 is 0. The molecule has 7 heteroatoms. The van der Waals surface area contributed by atoms with Gasteiger partial charge in [-0.15, -0.1) is 0 Å². The van der Waals surface area contributed by atoms with Gasteiger partial charge < -0.3 is 19.1 Å². The molecule has 1 aromatic heterocycles. The number of likely N-dealkylation sites (N-methyl/N-ethyl adjacent to an activating group) is 1. The zero-order valence-electron chi connectivity index (χ0n) is 18.2. The first-order chi connectivity index (χ1) is 15.0. The monoisotopic (exact) mass is 424 g/mol. The van der Waals surface area contributed by atoms with Crippen molar-refractivity contribution in [2.24, 2.45) is 0 Å². The molecular formula is C24H28N2O5. The first-order valence-electron chi connectivity index (χ1n) is 10.2.